The zero-order valence-corrected chi connectivity index (χ0v) is 31.5. The number of benzene rings is 10. The third-order valence-corrected chi connectivity index (χ3v) is 12.1. The molecule has 4 nitrogen and oxygen atoms in total. The Morgan fingerprint density at radius 1 is 0.333 bits per heavy atom. The number of hydrogen-bond acceptors (Lipinski definition) is 3. The summed E-state index contributed by atoms with van der Waals surface area (Å²) in [5.41, 5.74) is 8.65. The average Bonchev–Trinajstić information content (AvgIpc) is 3.37. The highest BCUT2D eigenvalue weighted by molar-refractivity contribution is 7.48. The molecule has 0 bridgehead atoms. The molecule has 0 spiro atoms. The number of phosphoric acid groups is 1. The van der Waals surface area contributed by atoms with Crippen LogP contribution in [0.15, 0.2) is 194 Å². The molecule has 270 valence electrons. The van der Waals surface area contributed by atoms with Gasteiger partial charge in [0.25, 0.3) is 0 Å². The summed E-state index contributed by atoms with van der Waals surface area (Å²) >= 11 is 0. The Bertz CT molecular complexity index is 3070. The van der Waals surface area contributed by atoms with Crippen molar-refractivity contribution < 1.29 is 18.5 Å². The van der Waals surface area contributed by atoms with Gasteiger partial charge < -0.3 is 9.05 Å². The molecule has 5 heteroatoms. The Labute approximate surface area is 329 Å². The first-order valence-electron chi connectivity index (χ1n) is 19.0. The molecule has 0 unspecified atom stereocenters. The average molecular weight is 753 g/mol. The second-order valence-corrected chi connectivity index (χ2v) is 15.8. The standard InChI is InChI=1S/C52H33O4P/c53-57(54)55-51-45(31-37-21-9-13-25-41(37)49(51)47-39-23-11-7-19-35(39)27-29-43(47)33-15-3-1-4-16-33)46-32-38-22-10-14-26-42(38)50(52(46)56-57)48-40-24-12-8-20-36(40)28-30-44(48)34-17-5-2-6-18-34/h1-32H,(H,53,54). The van der Waals surface area contributed by atoms with E-state index in [0.29, 0.717) is 22.6 Å². The van der Waals surface area contributed by atoms with Gasteiger partial charge >= 0.3 is 7.82 Å². The normalized spacial score (nSPS) is 13.1. The molecule has 0 saturated carbocycles. The lowest BCUT2D eigenvalue weighted by Gasteiger charge is -2.21. The minimum atomic E-state index is -4.84. The van der Waals surface area contributed by atoms with E-state index in [0.717, 1.165) is 87.6 Å². The van der Waals surface area contributed by atoms with Crippen molar-refractivity contribution in [2.75, 3.05) is 0 Å². The van der Waals surface area contributed by atoms with Crippen LogP contribution >= 0.6 is 7.82 Å². The second-order valence-electron chi connectivity index (χ2n) is 14.5. The Hall–Kier alpha value is -6.97. The first-order valence-corrected chi connectivity index (χ1v) is 20.5. The number of fused-ring (bicyclic) bond motifs is 7. The van der Waals surface area contributed by atoms with Gasteiger partial charge in [-0.25, -0.2) is 4.57 Å². The SMILES string of the molecule is O=P1(O)Oc2c(cc3ccccc3c2-c2c(-c3ccccc3)ccc3ccccc23)-c2cc3ccccc3c(-c3c(-c4ccccc4)ccc4ccccc34)c2O1. The van der Waals surface area contributed by atoms with Gasteiger partial charge in [0.15, 0.2) is 0 Å². The predicted octanol–water partition coefficient (Wildman–Crippen LogP) is 14.5. The Balaban J connectivity index is 1.33. The van der Waals surface area contributed by atoms with Gasteiger partial charge in [0, 0.05) is 33.4 Å². The maximum absolute atomic E-state index is 14.8. The summed E-state index contributed by atoms with van der Waals surface area (Å²) in [6, 6.07) is 66.2. The molecule has 57 heavy (non-hydrogen) atoms. The van der Waals surface area contributed by atoms with Crippen molar-refractivity contribution in [2.24, 2.45) is 0 Å². The van der Waals surface area contributed by atoms with Gasteiger partial charge in [0.2, 0.25) is 0 Å². The van der Waals surface area contributed by atoms with Gasteiger partial charge in [-0.2, -0.15) is 0 Å². The Morgan fingerprint density at radius 3 is 1.07 bits per heavy atom. The van der Waals surface area contributed by atoms with Crippen molar-refractivity contribution in [3.8, 4) is 67.1 Å². The molecule has 0 fully saturated rings. The van der Waals surface area contributed by atoms with Gasteiger partial charge in [0.05, 0.1) is 0 Å². The summed E-state index contributed by atoms with van der Waals surface area (Å²) in [4.78, 5) is 12.0. The highest BCUT2D eigenvalue weighted by Gasteiger charge is 2.38. The van der Waals surface area contributed by atoms with Crippen LogP contribution in [-0.2, 0) is 4.57 Å². The van der Waals surface area contributed by atoms with Crippen LogP contribution in [-0.4, -0.2) is 4.89 Å². The first-order chi connectivity index (χ1) is 28.0. The van der Waals surface area contributed by atoms with Gasteiger partial charge in [-0.3, -0.25) is 4.89 Å². The summed E-state index contributed by atoms with van der Waals surface area (Å²) in [6.45, 7) is 0. The van der Waals surface area contributed by atoms with Crippen LogP contribution in [0.3, 0.4) is 0 Å². The molecular weight excluding hydrogens is 720 g/mol. The van der Waals surface area contributed by atoms with E-state index in [1.54, 1.807) is 0 Å². The second kappa shape index (κ2) is 13.1. The zero-order valence-electron chi connectivity index (χ0n) is 30.6. The van der Waals surface area contributed by atoms with Gasteiger partial charge in [0.1, 0.15) is 11.5 Å². The smallest absolute Gasteiger partial charge is 0.394 e. The molecule has 1 heterocycles. The van der Waals surface area contributed by atoms with Crippen molar-refractivity contribution in [3.05, 3.63) is 194 Å². The monoisotopic (exact) mass is 752 g/mol. The molecule has 0 amide bonds. The maximum atomic E-state index is 14.8. The van der Waals surface area contributed by atoms with Gasteiger partial charge in [-0.05, 0) is 77.5 Å². The molecule has 0 aromatic heterocycles. The molecule has 0 saturated heterocycles. The predicted molar refractivity (Wildman–Crippen MR) is 235 cm³/mol. The molecule has 10 aromatic carbocycles. The Kier molecular flexibility index (Phi) is 7.65. The van der Waals surface area contributed by atoms with Crippen molar-refractivity contribution in [1.82, 2.24) is 0 Å². The lowest BCUT2D eigenvalue weighted by Crippen LogP contribution is -2.01. The summed E-state index contributed by atoms with van der Waals surface area (Å²) in [7, 11) is -4.84. The maximum Gasteiger partial charge on any atom is 0.584 e. The van der Waals surface area contributed by atoms with E-state index in [1.807, 2.05) is 84.9 Å². The van der Waals surface area contributed by atoms with E-state index < -0.39 is 7.82 Å². The number of phosphoric ester groups is 1. The van der Waals surface area contributed by atoms with Gasteiger partial charge in [-0.1, -0.05) is 182 Å². The minimum Gasteiger partial charge on any atom is -0.394 e. The third kappa shape index (κ3) is 5.45. The van der Waals surface area contributed by atoms with Crippen LogP contribution in [0, 0.1) is 0 Å². The van der Waals surface area contributed by atoms with Crippen LogP contribution < -0.4 is 9.05 Å². The summed E-state index contributed by atoms with van der Waals surface area (Å²) in [5, 5.41) is 7.82. The molecular formula is C52H33O4P. The third-order valence-electron chi connectivity index (χ3n) is 11.2. The van der Waals surface area contributed by atoms with E-state index in [4.69, 9.17) is 9.05 Å². The number of rotatable bonds is 4. The molecule has 0 atom stereocenters. The van der Waals surface area contributed by atoms with Gasteiger partial charge in [-0.15, -0.1) is 0 Å². The summed E-state index contributed by atoms with van der Waals surface area (Å²) < 4.78 is 27.7. The lowest BCUT2D eigenvalue weighted by atomic mass is 9.82. The molecule has 1 N–H and O–H groups in total. The molecule has 1 aliphatic heterocycles. The van der Waals surface area contributed by atoms with Crippen LogP contribution in [0.2, 0.25) is 0 Å². The van der Waals surface area contributed by atoms with Crippen LogP contribution in [0.4, 0.5) is 0 Å². The largest absolute Gasteiger partial charge is 0.584 e. The minimum absolute atomic E-state index is 0.300. The number of hydrogen-bond donors (Lipinski definition) is 1. The molecule has 11 rings (SSSR count). The van der Waals surface area contributed by atoms with Crippen LogP contribution in [0.1, 0.15) is 0 Å². The van der Waals surface area contributed by atoms with E-state index >= 15 is 0 Å². The summed E-state index contributed by atoms with van der Waals surface area (Å²) in [5.74, 6) is 0.600. The van der Waals surface area contributed by atoms with Crippen molar-refractivity contribution in [1.29, 1.82) is 0 Å². The summed E-state index contributed by atoms with van der Waals surface area (Å²) in [6.07, 6.45) is 0. The molecule has 10 aromatic rings. The molecule has 0 radical (unpaired) electrons. The van der Waals surface area contributed by atoms with Crippen LogP contribution in [0.25, 0.3) is 98.7 Å². The fourth-order valence-electron chi connectivity index (χ4n) is 8.79. The molecule has 0 aliphatic carbocycles. The fourth-order valence-corrected chi connectivity index (χ4v) is 9.67. The quantitative estimate of drug-likeness (QED) is 0.182. The van der Waals surface area contributed by atoms with Crippen LogP contribution in [0.5, 0.6) is 11.5 Å². The van der Waals surface area contributed by atoms with Crippen molar-refractivity contribution >= 4 is 50.9 Å². The van der Waals surface area contributed by atoms with Crippen molar-refractivity contribution in [2.45, 2.75) is 0 Å². The highest BCUT2D eigenvalue weighted by atomic mass is 31.2. The first kappa shape index (κ1) is 33.4. The molecule has 1 aliphatic rings. The highest BCUT2D eigenvalue weighted by Crippen LogP contribution is 2.62. The van der Waals surface area contributed by atoms with E-state index in [9.17, 15) is 9.46 Å². The lowest BCUT2D eigenvalue weighted by molar-refractivity contribution is 0.295. The van der Waals surface area contributed by atoms with Crippen molar-refractivity contribution in [3.63, 3.8) is 0 Å². The van der Waals surface area contributed by atoms with E-state index in [2.05, 4.69) is 109 Å². The Morgan fingerprint density at radius 2 is 0.667 bits per heavy atom. The topological polar surface area (TPSA) is 55.8 Å². The van der Waals surface area contributed by atoms with E-state index in [1.165, 1.54) is 0 Å². The fraction of sp³-hybridized carbons (Fsp3) is 0. The van der Waals surface area contributed by atoms with E-state index in [-0.39, 0.29) is 0 Å². The zero-order chi connectivity index (χ0) is 38.1.